The van der Waals surface area contributed by atoms with E-state index in [0.29, 0.717) is 5.88 Å². The van der Waals surface area contributed by atoms with Gasteiger partial charge < -0.3 is 0 Å². The highest BCUT2D eigenvalue weighted by Crippen LogP contribution is 2.30. The van der Waals surface area contributed by atoms with Crippen molar-refractivity contribution in [1.82, 2.24) is 0 Å². The maximum Gasteiger partial charge on any atom is 0.123 e. The van der Waals surface area contributed by atoms with Gasteiger partial charge in [-0.1, -0.05) is 26.3 Å². The minimum absolute atomic E-state index is 0.124. The van der Waals surface area contributed by atoms with E-state index in [-0.39, 0.29) is 11.2 Å². The zero-order valence-corrected chi connectivity index (χ0v) is 11.1. The van der Waals surface area contributed by atoms with Gasteiger partial charge in [-0.3, -0.25) is 0 Å². The molecule has 0 aliphatic rings. The zero-order valence-electron chi connectivity index (χ0n) is 10.3. The molecule has 0 saturated heterocycles. The van der Waals surface area contributed by atoms with Gasteiger partial charge in [0.2, 0.25) is 0 Å². The summed E-state index contributed by atoms with van der Waals surface area (Å²) in [6.45, 7) is 6.33. The van der Waals surface area contributed by atoms with E-state index >= 15 is 0 Å². The van der Waals surface area contributed by atoms with Crippen LogP contribution in [0.15, 0.2) is 18.2 Å². The molecular formula is C14H20ClF. The molecule has 0 amide bonds. The van der Waals surface area contributed by atoms with Crippen LogP contribution in [-0.2, 0) is 6.42 Å². The summed E-state index contributed by atoms with van der Waals surface area (Å²) in [6.07, 6.45) is 3.16. The van der Waals surface area contributed by atoms with Crippen LogP contribution in [0.3, 0.4) is 0 Å². The molecule has 0 nitrogen and oxygen atoms in total. The number of aryl methyl sites for hydroxylation is 1. The van der Waals surface area contributed by atoms with Crippen molar-refractivity contribution >= 4 is 11.6 Å². The molecule has 1 rings (SSSR count). The Kier molecular flexibility index (Phi) is 4.79. The van der Waals surface area contributed by atoms with E-state index in [2.05, 4.69) is 13.8 Å². The smallest absolute Gasteiger partial charge is 0.123 e. The third-order valence-electron chi connectivity index (χ3n) is 3.10. The minimum Gasteiger partial charge on any atom is -0.207 e. The average molecular weight is 243 g/mol. The quantitative estimate of drug-likeness (QED) is 0.656. The molecule has 16 heavy (non-hydrogen) atoms. The Balaban J connectivity index is 2.85. The molecule has 0 radical (unpaired) electrons. The lowest BCUT2D eigenvalue weighted by Crippen LogP contribution is -2.22. The van der Waals surface area contributed by atoms with E-state index in [1.165, 1.54) is 11.6 Å². The topological polar surface area (TPSA) is 0 Å². The first-order valence-electron chi connectivity index (χ1n) is 5.82. The molecule has 1 atom stereocenters. The first kappa shape index (κ1) is 13.5. The van der Waals surface area contributed by atoms with Crippen LogP contribution < -0.4 is 0 Å². The second kappa shape index (κ2) is 5.67. The van der Waals surface area contributed by atoms with Crippen molar-refractivity contribution in [2.24, 2.45) is 5.41 Å². The molecule has 0 aromatic heterocycles. The molecule has 0 spiro atoms. The van der Waals surface area contributed by atoms with E-state index in [1.54, 1.807) is 6.07 Å². The first-order valence-corrected chi connectivity index (χ1v) is 6.35. The summed E-state index contributed by atoms with van der Waals surface area (Å²) in [7, 11) is 0. The number of benzene rings is 1. The number of alkyl halides is 1. The van der Waals surface area contributed by atoms with Crippen LogP contribution in [0.25, 0.3) is 0 Å². The molecule has 90 valence electrons. The SMILES string of the molecule is CCCC(C)(CCl)Cc1ccc(F)cc1C. The molecule has 0 bridgehead atoms. The second-order valence-corrected chi connectivity index (χ2v) is 5.21. The van der Waals surface area contributed by atoms with Crippen molar-refractivity contribution in [2.45, 2.75) is 40.0 Å². The lowest BCUT2D eigenvalue weighted by Gasteiger charge is -2.27. The fourth-order valence-corrected chi connectivity index (χ4v) is 2.35. The van der Waals surface area contributed by atoms with E-state index in [4.69, 9.17) is 11.6 Å². The van der Waals surface area contributed by atoms with Gasteiger partial charge in [0.1, 0.15) is 5.82 Å². The van der Waals surface area contributed by atoms with Gasteiger partial charge in [-0.05, 0) is 48.4 Å². The van der Waals surface area contributed by atoms with Gasteiger partial charge in [-0.15, -0.1) is 11.6 Å². The summed E-state index contributed by atoms with van der Waals surface area (Å²) < 4.78 is 13.0. The van der Waals surface area contributed by atoms with Crippen molar-refractivity contribution in [3.63, 3.8) is 0 Å². The Morgan fingerprint density at radius 2 is 2.06 bits per heavy atom. The van der Waals surface area contributed by atoms with Crippen LogP contribution in [0, 0.1) is 18.2 Å². The van der Waals surface area contributed by atoms with Gasteiger partial charge in [0.05, 0.1) is 0 Å². The molecule has 0 aliphatic heterocycles. The fraction of sp³-hybridized carbons (Fsp3) is 0.571. The number of hydrogen-bond donors (Lipinski definition) is 0. The molecule has 0 aliphatic carbocycles. The second-order valence-electron chi connectivity index (χ2n) is 4.94. The van der Waals surface area contributed by atoms with Gasteiger partial charge in [0.15, 0.2) is 0 Å². The molecule has 1 unspecified atom stereocenters. The molecule has 0 fully saturated rings. The summed E-state index contributed by atoms with van der Waals surface area (Å²) in [5, 5.41) is 0. The van der Waals surface area contributed by atoms with E-state index in [9.17, 15) is 4.39 Å². The van der Waals surface area contributed by atoms with Crippen LogP contribution in [0.2, 0.25) is 0 Å². The zero-order chi connectivity index (χ0) is 12.2. The first-order chi connectivity index (χ1) is 7.50. The molecule has 1 aromatic carbocycles. The third kappa shape index (κ3) is 3.48. The Bertz CT molecular complexity index is 349. The Labute approximate surface area is 103 Å². The molecule has 0 N–H and O–H groups in total. The monoisotopic (exact) mass is 242 g/mol. The Morgan fingerprint density at radius 1 is 1.38 bits per heavy atom. The van der Waals surface area contributed by atoms with Gasteiger partial charge in [-0.2, -0.15) is 0 Å². The van der Waals surface area contributed by atoms with Gasteiger partial charge >= 0.3 is 0 Å². The summed E-state index contributed by atoms with van der Waals surface area (Å²) >= 11 is 6.05. The average Bonchev–Trinajstić information content (AvgIpc) is 2.23. The van der Waals surface area contributed by atoms with Gasteiger partial charge in [-0.25, -0.2) is 4.39 Å². The highest BCUT2D eigenvalue weighted by molar-refractivity contribution is 6.18. The van der Waals surface area contributed by atoms with Crippen LogP contribution >= 0.6 is 11.6 Å². The Hall–Kier alpha value is -0.560. The normalized spacial score (nSPS) is 14.8. The van der Waals surface area contributed by atoms with Gasteiger partial charge in [0, 0.05) is 5.88 Å². The van der Waals surface area contributed by atoms with Crippen molar-refractivity contribution in [3.8, 4) is 0 Å². The highest BCUT2D eigenvalue weighted by atomic mass is 35.5. The maximum atomic E-state index is 13.0. The summed E-state index contributed by atoms with van der Waals surface area (Å²) in [6, 6.07) is 5.00. The summed E-state index contributed by atoms with van der Waals surface area (Å²) in [5.41, 5.74) is 2.35. The lowest BCUT2D eigenvalue weighted by atomic mass is 9.80. The summed E-state index contributed by atoms with van der Waals surface area (Å²) in [5.74, 6) is 0.488. The van der Waals surface area contributed by atoms with E-state index in [0.717, 1.165) is 24.8 Å². The molecule has 0 heterocycles. The molecule has 2 heteroatoms. The highest BCUT2D eigenvalue weighted by Gasteiger charge is 2.23. The number of rotatable bonds is 5. The molecule has 0 saturated carbocycles. The third-order valence-corrected chi connectivity index (χ3v) is 3.74. The van der Waals surface area contributed by atoms with Crippen molar-refractivity contribution in [1.29, 1.82) is 0 Å². The maximum absolute atomic E-state index is 13.0. The van der Waals surface area contributed by atoms with Crippen LogP contribution in [0.1, 0.15) is 37.8 Å². The number of hydrogen-bond acceptors (Lipinski definition) is 0. The van der Waals surface area contributed by atoms with E-state index < -0.39 is 0 Å². The van der Waals surface area contributed by atoms with Crippen molar-refractivity contribution in [2.75, 3.05) is 5.88 Å². The van der Waals surface area contributed by atoms with Crippen molar-refractivity contribution in [3.05, 3.63) is 35.1 Å². The summed E-state index contributed by atoms with van der Waals surface area (Å²) in [4.78, 5) is 0. The van der Waals surface area contributed by atoms with Gasteiger partial charge in [0.25, 0.3) is 0 Å². The fourth-order valence-electron chi connectivity index (χ4n) is 2.12. The number of halogens is 2. The largest absolute Gasteiger partial charge is 0.207 e. The van der Waals surface area contributed by atoms with Crippen LogP contribution in [0.4, 0.5) is 4.39 Å². The standard InChI is InChI=1S/C14H20ClF/c1-4-7-14(3,10-15)9-12-5-6-13(16)8-11(12)2/h5-6,8H,4,7,9-10H2,1-3H3. The van der Waals surface area contributed by atoms with E-state index in [1.807, 2.05) is 13.0 Å². The van der Waals surface area contributed by atoms with Crippen LogP contribution in [0.5, 0.6) is 0 Å². The predicted octanol–water partition coefficient (Wildman–Crippen LogP) is 4.72. The van der Waals surface area contributed by atoms with Crippen molar-refractivity contribution < 1.29 is 4.39 Å². The molecule has 1 aromatic rings. The minimum atomic E-state index is -0.163. The predicted molar refractivity (Wildman–Crippen MR) is 68.6 cm³/mol. The molecular weight excluding hydrogens is 223 g/mol. The lowest BCUT2D eigenvalue weighted by molar-refractivity contribution is 0.334. The van der Waals surface area contributed by atoms with Crippen LogP contribution in [-0.4, -0.2) is 5.88 Å². The Morgan fingerprint density at radius 3 is 2.56 bits per heavy atom.